The SMILES string of the molecule is COc1ccc(C2c3[nH]c4ccccc4c3CC3C(=O)N(c4ccc(C(=O)NCc5ccccc5)cc4)C(=O)N32)cc1. The van der Waals surface area contributed by atoms with Crippen LogP contribution < -0.4 is 15.0 Å². The van der Waals surface area contributed by atoms with E-state index in [0.29, 0.717) is 30.0 Å². The summed E-state index contributed by atoms with van der Waals surface area (Å²) in [4.78, 5) is 47.2. The monoisotopic (exact) mass is 556 g/mol. The lowest BCUT2D eigenvalue weighted by molar-refractivity contribution is -0.120. The molecule has 2 aliphatic heterocycles. The van der Waals surface area contributed by atoms with Crippen LogP contribution in [0.3, 0.4) is 0 Å². The topological polar surface area (TPSA) is 94.7 Å². The number of benzene rings is 4. The molecule has 2 N–H and O–H groups in total. The molecule has 0 spiro atoms. The van der Waals surface area contributed by atoms with Gasteiger partial charge in [-0.1, -0.05) is 60.7 Å². The molecule has 2 aliphatic rings. The summed E-state index contributed by atoms with van der Waals surface area (Å²) in [6, 6.07) is 30.3. The van der Waals surface area contributed by atoms with Crippen LogP contribution >= 0.6 is 0 Å². The molecule has 0 bridgehead atoms. The number of ether oxygens (including phenoxy) is 1. The van der Waals surface area contributed by atoms with E-state index in [1.54, 1.807) is 36.3 Å². The number of urea groups is 1. The van der Waals surface area contributed by atoms with E-state index in [2.05, 4.69) is 10.3 Å². The van der Waals surface area contributed by atoms with Gasteiger partial charge in [0, 0.05) is 35.1 Å². The molecule has 0 radical (unpaired) electrons. The number of fused-ring (bicyclic) bond motifs is 4. The number of para-hydroxylation sites is 1. The van der Waals surface area contributed by atoms with Gasteiger partial charge in [0.25, 0.3) is 11.8 Å². The summed E-state index contributed by atoms with van der Waals surface area (Å²) in [5, 5.41) is 3.96. The van der Waals surface area contributed by atoms with Crippen molar-refractivity contribution in [3.63, 3.8) is 0 Å². The molecule has 42 heavy (non-hydrogen) atoms. The highest BCUT2D eigenvalue weighted by molar-refractivity contribution is 6.22. The molecule has 4 amide bonds. The van der Waals surface area contributed by atoms with Crippen molar-refractivity contribution in [2.45, 2.75) is 25.0 Å². The standard InChI is InChI=1S/C34H28N4O4/c1-42-25-17-13-22(14-18-25)31-30-27(26-9-5-6-10-28(26)36-30)19-29-33(40)37(34(41)38(29)31)24-15-11-23(12-16-24)32(39)35-20-21-7-3-2-4-8-21/h2-18,29,31,36H,19-20H2,1H3,(H,35,39). The van der Waals surface area contributed by atoms with Crippen molar-refractivity contribution in [1.82, 2.24) is 15.2 Å². The Balaban J connectivity index is 1.20. The van der Waals surface area contributed by atoms with Gasteiger partial charge in [-0.25, -0.2) is 9.69 Å². The average Bonchev–Trinajstić information content (AvgIpc) is 3.53. The highest BCUT2D eigenvalue weighted by Gasteiger charge is 2.53. The lowest BCUT2D eigenvalue weighted by Gasteiger charge is -2.36. The molecule has 0 saturated carbocycles. The van der Waals surface area contributed by atoms with Crippen LogP contribution in [0.25, 0.3) is 10.9 Å². The first kappa shape index (κ1) is 25.6. The van der Waals surface area contributed by atoms with E-state index in [1.165, 1.54) is 4.90 Å². The van der Waals surface area contributed by atoms with E-state index in [-0.39, 0.29) is 11.8 Å². The summed E-state index contributed by atoms with van der Waals surface area (Å²) in [6.07, 6.45) is 0.410. The highest BCUT2D eigenvalue weighted by atomic mass is 16.5. The number of imide groups is 1. The molecule has 1 aromatic heterocycles. The lowest BCUT2D eigenvalue weighted by atomic mass is 9.89. The molecule has 2 unspecified atom stereocenters. The number of aromatic amines is 1. The number of amides is 4. The molecule has 8 nitrogen and oxygen atoms in total. The predicted octanol–water partition coefficient (Wildman–Crippen LogP) is 5.59. The zero-order valence-electron chi connectivity index (χ0n) is 22.9. The van der Waals surface area contributed by atoms with Crippen molar-refractivity contribution in [3.05, 3.63) is 131 Å². The summed E-state index contributed by atoms with van der Waals surface area (Å²) in [5.41, 5.74) is 5.68. The van der Waals surface area contributed by atoms with E-state index in [4.69, 9.17) is 4.74 Å². The van der Waals surface area contributed by atoms with Crippen LogP contribution in [0.2, 0.25) is 0 Å². The van der Waals surface area contributed by atoms with E-state index in [0.717, 1.165) is 33.3 Å². The summed E-state index contributed by atoms with van der Waals surface area (Å²) in [7, 11) is 1.61. The largest absolute Gasteiger partial charge is 0.497 e. The maximum atomic E-state index is 14.1. The second-order valence-corrected chi connectivity index (χ2v) is 10.5. The zero-order chi connectivity index (χ0) is 28.8. The highest BCUT2D eigenvalue weighted by Crippen LogP contribution is 2.45. The Morgan fingerprint density at radius 2 is 1.62 bits per heavy atom. The van der Waals surface area contributed by atoms with Gasteiger partial charge in [0.15, 0.2) is 0 Å². The zero-order valence-corrected chi connectivity index (χ0v) is 22.9. The fraction of sp³-hybridized carbons (Fsp3) is 0.147. The smallest absolute Gasteiger partial charge is 0.332 e. The van der Waals surface area contributed by atoms with E-state index >= 15 is 0 Å². The van der Waals surface area contributed by atoms with Crippen LogP contribution in [-0.4, -0.2) is 40.9 Å². The van der Waals surface area contributed by atoms with E-state index in [9.17, 15) is 14.4 Å². The summed E-state index contributed by atoms with van der Waals surface area (Å²) in [5.74, 6) is 0.198. The number of nitrogens with one attached hydrogen (secondary N) is 2. The number of carbonyl (C=O) groups excluding carboxylic acids is 3. The third-order valence-electron chi connectivity index (χ3n) is 8.16. The third-order valence-corrected chi connectivity index (χ3v) is 8.16. The number of rotatable bonds is 6. The summed E-state index contributed by atoms with van der Waals surface area (Å²) in [6.45, 7) is 0.405. The van der Waals surface area contributed by atoms with Crippen LogP contribution in [0, 0.1) is 0 Å². The fourth-order valence-corrected chi connectivity index (χ4v) is 6.09. The minimum absolute atomic E-state index is 0.230. The summed E-state index contributed by atoms with van der Waals surface area (Å²) >= 11 is 0. The van der Waals surface area contributed by atoms with Gasteiger partial charge in [0.05, 0.1) is 12.8 Å². The maximum absolute atomic E-state index is 14.1. The van der Waals surface area contributed by atoms with Crippen molar-refractivity contribution >= 4 is 34.4 Å². The first-order valence-electron chi connectivity index (χ1n) is 13.9. The minimum Gasteiger partial charge on any atom is -0.497 e. The molecule has 3 heterocycles. The molecule has 7 rings (SSSR count). The van der Waals surface area contributed by atoms with Crippen LogP contribution in [0.5, 0.6) is 5.75 Å². The van der Waals surface area contributed by atoms with Crippen molar-refractivity contribution < 1.29 is 19.1 Å². The molecule has 5 aromatic rings. The normalized spacial score (nSPS) is 17.7. The number of aromatic nitrogens is 1. The Hall–Kier alpha value is -5.37. The van der Waals surface area contributed by atoms with Gasteiger partial charge in [0.2, 0.25) is 0 Å². The van der Waals surface area contributed by atoms with E-state index in [1.807, 2.05) is 78.9 Å². The Labute approximate surface area is 242 Å². The fourth-order valence-electron chi connectivity index (χ4n) is 6.09. The second-order valence-electron chi connectivity index (χ2n) is 10.5. The summed E-state index contributed by atoms with van der Waals surface area (Å²) < 4.78 is 5.36. The first-order chi connectivity index (χ1) is 20.5. The number of hydrogen-bond acceptors (Lipinski definition) is 4. The molecule has 2 atom stereocenters. The molecule has 8 heteroatoms. The number of methoxy groups -OCH3 is 1. The number of H-pyrrole nitrogens is 1. The van der Waals surface area contributed by atoms with Crippen LogP contribution in [0.1, 0.15) is 38.8 Å². The predicted molar refractivity (Wildman–Crippen MR) is 159 cm³/mol. The van der Waals surface area contributed by atoms with Gasteiger partial charge in [-0.15, -0.1) is 0 Å². The Bertz CT molecular complexity index is 1810. The molecule has 208 valence electrons. The number of carbonyl (C=O) groups is 3. The van der Waals surface area contributed by atoms with Crippen molar-refractivity contribution in [2.75, 3.05) is 12.0 Å². The van der Waals surface area contributed by atoms with Crippen molar-refractivity contribution in [1.29, 1.82) is 0 Å². The third kappa shape index (κ3) is 4.19. The molecule has 4 aromatic carbocycles. The maximum Gasteiger partial charge on any atom is 0.332 e. The Morgan fingerprint density at radius 1 is 0.905 bits per heavy atom. The quantitative estimate of drug-likeness (QED) is 0.267. The molecular formula is C34H28N4O4. The van der Waals surface area contributed by atoms with Crippen LogP contribution in [-0.2, 0) is 17.8 Å². The molecular weight excluding hydrogens is 528 g/mol. The first-order valence-corrected chi connectivity index (χ1v) is 13.9. The molecule has 1 fully saturated rings. The number of nitrogens with zero attached hydrogens (tertiary/aromatic N) is 2. The number of anilines is 1. The lowest BCUT2D eigenvalue weighted by Crippen LogP contribution is -2.44. The van der Waals surface area contributed by atoms with Gasteiger partial charge in [-0.05, 0) is 59.2 Å². The van der Waals surface area contributed by atoms with Gasteiger partial charge in [0.1, 0.15) is 17.8 Å². The van der Waals surface area contributed by atoms with Crippen molar-refractivity contribution in [2.24, 2.45) is 0 Å². The van der Waals surface area contributed by atoms with Gasteiger partial charge in [-0.3, -0.25) is 14.5 Å². The molecule has 1 saturated heterocycles. The van der Waals surface area contributed by atoms with Gasteiger partial charge in [-0.2, -0.15) is 0 Å². The molecule has 0 aliphatic carbocycles. The second kappa shape index (κ2) is 10.2. The van der Waals surface area contributed by atoms with Crippen LogP contribution in [0.15, 0.2) is 103 Å². The Morgan fingerprint density at radius 3 is 2.36 bits per heavy atom. The van der Waals surface area contributed by atoms with Gasteiger partial charge >= 0.3 is 6.03 Å². The minimum atomic E-state index is -0.662. The van der Waals surface area contributed by atoms with E-state index < -0.39 is 18.1 Å². The Kier molecular flexibility index (Phi) is 6.23. The van der Waals surface area contributed by atoms with Gasteiger partial charge < -0.3 is 15.0 Å². The van der Waals surface area contributed by atoms with Crippen LogP contribution in [0.4, 0.5) is 10.5 Å². The number of hydrogen-bond donors (Lipinski definition) is 2. The average molecular weight is 557 g/mol. The van der Waals surface area contributed by atoms with Crippen molar-refractivity contribution in [3.8, 4) is 5.75 Å².